The molecular formula is C51H52N6O5. The van der Waals surface area contributed by atoms with Gasteiger partial charge in [0.25, 0.3) is 0 Å². The molecule has 0 amide bonds. The van der Waals surface area contributed by atoms with E-state index in [-0.39, 0.29) is 18.0 Å². The topological polar surface area (TPSA) is 135 Å². The first kappa shape index (κ1) is 41.5. The second-order valence-electron chi connectivity index (χ2n) is 15.8. The van der Waals surface area contributed by atoms with Gasteiger partial charge in [-0.25, -0.2) is 9.97 Å². The van der Waals surface area contributed by atoms with E-state index in [0.29, 0.717) is 23.3 Å². The number of hydrogen-bond acceptors (Lipinski definition) is 9. The minimum atomic E-state index is -0.827. The summed E-state index contributed by atoms with van der Waals surface area (Å²) in [6.07, 6.45) is 7.37. The highest BCUT2D eigenvalue weighted by molar-refractivity contribution is 6.01. The van der Waals surface area contributed by atoms with Gasteiger partial charge in [0.1, 0.15) is 11.5 Å². The lowest BCUT2D eigenvalue weighted by Gasteiger charge is -2.35. The molecule has 4 aromatic carbocycles. The maximum absolute atomic E-state index is 16.8. The third kappa shape index (κ3) is 8.79. The largest absolute Gasteiger partial charge is 0.495 e. The SMILES string of the molecule is COc1ccccc1NC(c1ccc(OC(C)C)nc1)C(C(=O)C(c1c[nH]c2ccccc12)C(Nc1ccccc1OC)c1ccc(OC(C)C)nc1)c1c[nH]c2ccccc12. The number of pyridine rings is 2. The highest BCUT2D eigenvalue weighted by atomic mass is 16.5. The second-order valence-corrected chi connectivity index (χ2v) is 15.8. The average Bonchev–Trinajstić information content (AvgIpc) is 3.91. The Balaban J connectivity index is 1.39. The van der Waals surface area contributed by atoms with Gasteiger partial charge in [0.15, 0.2) is 5.78 Å². The minimum Gasteiger partial charge on any atom is -0.495 e. The van der Waals surface area contributed by atoms with E-state index in [1.54, 1.807) is 26.6 Å². The van der Waals surface area contributed by atoms with Crippen molar-refractivity contribution in [3.05, 3.63) is 168 Å². The van der Waals surface area contributed by atoms with E-state index < -0.39 is 23.9 Å². The van der Waals surface area contributed by atoms with E-state index in [9.17, 15) is 0 Å². The molecule has 0 spiro atoms. The highest BCUT2D eigenvalue weighted by Gasteiger charge is 2.43. The molecule has 4 atom stereocenters. The summed E-state index contributed by atoms with van der Waals surface area (Å²) < 4.78 is 23.8. The summed E-state index contributed by atoms with van der Waals surface area (Å²) in [5, 5.41) is 9.45. The predicted molar refractivity (Wildman–Crippen MR) is 246 cm³/mol. The Labute approximate surface area is 361 Å². The number of H-pyrrole nitrogens is 2. The number of carbonyl (C=O) groups is 1. The summed E-state index contributed by atoms with van der Waals surface area (Å²) in [5.41, 5.74) is 6.45. The summed E-state index contributed by atoms with van der Waals surface area (Å²) in [6, 6.07) is 38.0. The molecule has 11 nitrogen and oxygen atoms in total. The van der Waals surface area contributed by atoms with Crippen molar-refractivity contribution in [1.82, 2.24) is 19.9 Å². The molecule has 0 fully saturated rings. The van der Waals surface area contributed by atoms with Gasteiger partial charge in [-0.2, -0.15) is 0 Å². The number of nitrogens with zero attached hydrogens (tertiary/aromatic N) is 2. The Bertz CT molecular complexity index is 2560. The summed E-state index contributed by atoms with van der Waals surface area (Å²) in [5.74, 6) is 0.529. The molecule has 4 N–H and O–H groups in total. The Morgan fingerprint density at radius 2 is 0.935 bits per heavy atom. The molecule has 0 aliphatic heterocycles. The van der Waals surface area contributed by atoms with Crippen LogP contribution in [0.1, 0.15) is 73.9 Å². The number of ether oxygens (including phenoxy) is 4. The number of ketones is 1. The van der Waals surface area contributed by atoms with Crippen molar-refractivity contribution < 1.29 is 23.7 Å². The lowest BCUT2D eigenvalue weighted by molar-refractivity contribution is -0.122. The number of anilines is 2. The fraction of sp³-hybridized carbons (Fsp3) is 0.235. The molecule has 8 aromatic rings. The van der Waals surface area contributed by atoms with Crippen LogP contribution in [0.25, 0.3) is 21.8 Å². The molecule has 316 valence electrons. The standard InChI is InChI=1S/C51H52N6O5/c1-31(2)61-45-25-23-33(27-54-45)49(56-41-19-11-13-21-43(41)59-5)47(37-29-52-39-17-9-7-15-35(37)39)51(58)48(38-30-53-40-18-10-8-16-36(38)40)50(57-42-20-12-14-22-44(42)60-6)34-24-26-46(55-28-34)62-32(3)4/h7-32,47-50,52-53,56-57H,1-6H3. The van der Waals surface area contributed by atoms with Crippen LogP contribution >= 0.6 is 0 Å². The number of aromatic amines is 2. The maximum Gasteiger partial charge on any atom is 0.213 e. The number of fused-ring (bicyclic) bond motifs is 2. The van der Waals surface area contributed by atoms with Crippen LogP contribution in [-0.2, 0) is 4.79 Å². The van der Waals surface area contributed by atoms with Crippen molar-refractivity contribution in [3.63, 3.8) is 0 Å². The Morgan fingerprint density at radius 1 is 0.532 bits per heavy atom. The smallest absolute Gasteiger partial charge is 0.213 e. The zero-order chi connectivity index (χ0) is 43.2. The first-order valence-corrected chi connectivity index (χ1v) is 20.9. The van der Waals surface area contributed by atoms with Crippen molar-refractivity contribution in [2.24, 2.45) is 0 Å². The average molecular weight is 829 g/mol. The molecule has 0 saturated carbocycles. The van der Waals surface area contributed by atoms with Gasteiger partial charge in [-0.1, -0.05) is 72.8 Å². The molecular weight excluding hydrogens is 777 g/mol. The number of carbonyl (C=O) groups excluding carboxylic acids is 1. The lowest BCUT2D eigenvalue weighted by Crippen LogP contribution is -2.34. The van der Waals surface area contributed by atoms with E-state index in [1.165, 1.54) is 0 Å². The fourth-order valence-electron chi connectivity index (χ4n) is 8.25. The monoisotopic (exact) mass is 828 g/mol. The number of hydrogen-bond donors (Lipinski definition) is 4. The molecule has 0 aliphatic carbocycles. The lowest BCUT2D eigenvalue weighted by atomic mass is 9.73. The first-order chi connectivity index (χ1) is 30.2. The van der Waals surface area contributed by atoms with Crippen LogP contribution in [0.5, 0.6) is 23.3 Å². The molecule has 62 heavy (non-hydrogen) atoms. The fourth-order valence-corrected chi connectivity index (χ4v) is 8.25. The molecule has 11 heteroatoms. The zero-order valence-electron chi connectivity index (χ0n) is 35.8. The van der Waals surface area contributed by atoms with Crippen molar-refractivity contribution in [1.29, 1.82) is 0 Å². The van der Waals surface area contributed by atoms with E-state index >= 15 is 4.79 Å². The Kier molecular flexibility index (Phi) is 12.4. The van der Waals surface area contributed by atoms with Gasteiger partial charge in [0.2, 0.25) is 11.8 Å². The van der Waals surface area contributed by atoms with Crippen molar-refractivity contribution in [2.45, 2.75) is 63.8 Å². The molecule has 4 heterocycles. The van der Waals surface area contributed by atoms with E-state index in [1.807, 2.05) is 149 Å². The van der Waals surface area contributed by atoms with Crippen LogP contribution in [0.4, 0.5) is 11.4 Å². The van der Waals surface area contributed by atoms with Crippen LogP contribution in [0, 0.1) is 0 Å². The second kappa shape index (κ2) is 18.6. The summed E-state index contributed by atoms with van der Waals surface area (Å²) in [4.78, 5) is 33.3. The van der Waals surface area contributed by atoms with Gasteiger partial charge in [0, 0.05) is 58.7 Å². The molecule has 4 unspecified atom stereocenters. The van der Waals surface area contributed by atoms with Gasteiger partial charge in [-0.05, 0) is 86.3 Å². The van der Waals surface area contributed by atoms with Crippen molar-refractivity contribution in [2.75, 3.05) is 24.9 Å². The quantitative estimate of drug-likeness (QED) is 0.0666. The van der Waals surface area contributed by atoms with Gasteiger partial charge in [0.05, 0.1) is 61.7 Å². The van der Waals surface area contributed by atoms with Crippen LogP contribution < -0.4 is 29.6 Å². The van der Waals surface area contributed by atoms with Gasteiger partial charge < -0.3 is 39.5 Å². The van der Waals surface area contributed by atoms with Crippen molar-refractivity contribution >= 4 is 39.0 Å². The number of methoxy groups -OCH3 is 2. The number of aromatic nitrogens is 4. The molecule has 0 bridgehead atoms. The van der Waals surface area contributed by atoms with Crippen LogP contribution in [0.3, 0.4) is 0 Å². The van der Waals surface area contributed by atoms with Gasteiger partial charge >= 0.3 is 0 Å². The highest BCUT2D eigenvalue weighted by Crippen LogP contribution is 2.48. The molecule has 8 rings (SSSR count). The van der Waals surface area contributed by atoms with Crippen molar-refractivity contribution in [3.8, 4) is 23.3 Å². The van der Waals surface area contributed by atoms with E-state index in [4.69, 9.17) is 28.9 Å². The number of para-hydroxylation sites is 6. The number of nitrogens with one attached hydrogen (secondary N) is 4. The number of rotatable bonds is 18. The third-order valence-electron chi connectivity index (χ3n) is 11.0. The van der Waals surface area contributed by atoms with E-state index in [0.717, 1.165) is 55.4 Å². The van der Waals surface area contributed by atoms with Crippen LogP contribution in [0.2, 0.25) is 0 Å². The zero-order valence-corrected chi connectivity index (χ0v) is 35.8. The van der Waals surface area contributed by atoms with Crippen LogP contribution in [-0.4, -0.2) is 52.1 Å². The summed E-state index contributed by atoms with van der Waals surface area (Å²) in [6.45, 7) is 7.87. The minimum absolute atomic E-state index is 0.0654. The first-order valence-electron chi connectivity index (χ1n) is 20.9. The number of benzene rings is 4. The maximum atomic E-state index is 16.8. The Morgan fingerprint density at radius 3 is 1.32 bits per heavy atom. The van der Waals surface area contributed by atoms with Gasteiger partial charge in [-0.3, -0.25) is 4.79 Å². The molecule has 0 aliphatic rings. The summed E-state index contributed by atoms with van der Waals surface area (Å²) >= 11 is 0. The van der Waals surface area contributed by atoms with Gasteiger partial charge in [-0.15, -0.1) is 0 Å². The molecule has 0 radical (unpaired) electrons. The predicted octanol–water partition coefficient (Wildman–Crippen LogP) is 11.2. The molecule has 0 saturated heterocycles. The van der Waals surface area contributed by atoms with E-state index in [2.05, 4.69) is 32.7 Å². The number of Topliss-reactive ketones (excluding diaryl/α,β-unsaturated/α-hetero) is 1. The Hall–Kier alpha value is -7.27. The molecule has 4 aromatic heterocycles. The van der Waals surface area contributed by atoms with Crippen LogP contribution in [0.15, 0.2) is 146 Å². The summed E-state index contributed by atoms with van der Waals surface area (Å²) in [7, 11) is 3.29. The third-order valence-corrected chi connectivity index (χ3v) is 11.0. The normalized spacial score (nSPS) is 13.4.